The maximum absolute atomic E-state index is 9.42. The molecule has 0 aromatic rings. The van der Waals surface area contributed by atoms with Gasteiger partial charge in [0.05, 0.1) is 11.9 Å². The molecule has 0 aromatic heterocycles. The molecule has 0 bridgehead atoms. The van der Waals surface area contributed by atoms with E-state index in [1.54, 1.807) is 13.8 Å². The van der Waals surface area contributed by atoms with E-state index in [-0.39, 0.29) is 36.7 Å². The van der Waals surface area contributed by atoms with E-state index in [1.807, 2.05) is 0 Å². The van der Waals surface area contributed by atoms with Crippen molar-refractivity contribution in [3.05, 3.63) is 49.6 Å². The van der Waals surface area contributed by atoms with Crippen LogP contribution in [0.5, 0.6) is 0 Å². The standard InChI is InChI=1S/4C4H6O2.Sn/c4*1-2-3-4(5)6;/h2*2-3H,1H3,(H,5,6);2*2H,1,3H2,(H,5,6);/q;;;;+4/p-4/b2*3-2+;;;. The van der Waals surface area contributed by atoms with Gasteiger partial charge in [-0.25, -0.2) is 0 Å². The van der Waals surface area contributed by atoms with Crippen molar-refractivity contribution in [1.82, 2.24) is 0 Å². The Hall–Kier alpha value is -2.36. The Morgan fingerprint density at radius 3 is 0.960 bits per heavy atom. The quantitative estimate of drug-likeness (QED) is 0.229. The molecule has 0 heterocycles. The molecule has 9 heteroatoms. The normalized spacial score (nSPS) is 8.08. The van der Waals surface area contributed by atoms with Gasteiger partial charge >= 0.3 is 23.9 Å². The molecular weight excluding hydrogens is 439 g/mol. The van der Waals surface area contributed by atoms with Crippen molar-refractivity contribution in [1.29, 1.82) is 0 Å². The van der Waals surface area contributed by atoms with Gasteiger partial charge in [-0.15, -0.1) is 13.2 Å². The number of aliphatic carboxylic acids is 4. The number of carbonyl (C=O) groups excluding carboxylic acids is 4. The van der Waals surface area contributed by atoms with Crippen molar-refractivity contribution in [2.24, 2.45) is 0 Å². The van der Waals surface area contributed by atoms with Gasteiger partial charge in [0, 0.05) is 24.8 Å². The first-order chi connectivity index (χ1) is 11.1. The molecule has 0 spiro atoms. The van der Waals surface area contributed by atoms with Crippen LogP contribution in [-0.2, 0) is 19.2 Å². The van der Waals surface area contributed by atoms with E-state index in [2.05, 4.69) is 13.2 Å². The SMILES string of the molecule is C/C=C/C(=O)[O-].C/C=C/C(=O)[O-].C=CCC(=O)[O-].C=CCC(=O)[O-].[Sn+4]. The molecule has 0 rings (SSSR count). The number of allylic oxidation sites excluding steroid dienone is 2. The third-order valence-corrected chi connectivity index (χ3v) is 1.23. The van der Waals surface area contributed by atoms with Gasteiger partial charge in [-0.3, -0.25) is 0 Å². The maximum Gasteiger partial charge on any atom is 4.00 e. The molecule has 0 amide bonds. The van der Waals surface area contributed by atoms with Crippen molar-refractivity contribution in [2.75, 3.05) is 0 Å². The summed E-state index contributed by atoms with van der Waals surface area (Å²) in [6, 6.07) is 0. The van der Waals surface area contributed by atoms with Gasteiger partial charge in [0.2, 0.25) is 0 Å². The summed E-state index contributed by atoms with van der Waals surface area (Å²) in [5, 5.41) is 37.6. The van der Waals surface area contributed by atoms with Gasteiger partial charge in [-0.2, -0.15) is 0 Å². The molecule has 0 aliphatic rings. The van der Waals surface area contributed by atoms with Crippen molar-refractivity contribution in [3.8, 4) is 0 Å². The summed E-state index contributed by atoms with van der Waals surface area (Å²) in [5.74, 6) is -4.44. The van der Waals surface area contributed by atoms with Crippen LogP contribution in [0.25, 0.3) is 0 Å². The van der Waals surface area contributed by atoms with E-state index in [1.165, 1.54) is 24.3 Å². The minimum absolute atomic E-state index is 0. The summed E-state index contributed by atoms with van der Waals surface area (Å²) in [4.78, 5) is 37.6. The van der Waals surface area contributed by atoms with Crippen LogP contribution >= 0.6 is 0 Å². The number of carboxylic acid groups (broad SMARTS) is 4. The summed E-state index contributed by atoms with van der Waals surface area (Å²) >= 11 is 0. The van der Waals surface area contributed by atoms with Crippen LogP contribution in [-0.4, -0.2) is 47.8 Å². The van der Waals surface area contributed by atoms with E-state index in [0.717, 1.165) is 12.2 Å². The number of carboxylic acids is 4. The molecule has 0 aromatic carbocycles. The second-order valence-electron chi connectivity index (χ2n) is 3.37. The van der Waals surface area contributed by atoms with Gasteiger partial charge < -0.3 is 39.6 Å². The number of hydrogen-bond donors (Lipinski definition) is 0. The minimum atomic E-state index is -1.14. The van der Waals surface area contributed by atoms with Crippen LogP contribution in [0.15, 0.2) is 49.6 Å². The van der Waals surface area contributed by atoms with Crippen LogP contribution in [0.3, 0.4) is 0 Å². The molecule has 0 N–H and O–H groups in total. The Kier molecular flexibility index (Phi) is 40.4. The molecule has 0 atom stereocenters. The number of carbonyl (C=O) groups is 4. The first kappa shape index (κ1) is 34.1. The largest absolute Gasteiger partial charge is 4.00 e. The summed E-state index contributed by atoms with van der Waals surface area (Å²) in [5.41, 5.74) is 0. The van der Waals surface area contributed by atoms with Crippen molar-refractivity contribution in [2.45, 2.75) is 26.7 Å². The Bertz CT molecular complexity index is 411. The van der Waals surface area contributed by atoms with Gasteiger partial charge in [0.1, 0.15) is 0 Å². The Labute approximate surface area is 163 Å². The van der Waals surface area contributed by atoms with Gasteiger partial charge in [0.15, 0.2) is 0 Å². The predicted molar refractivity (Wildman–Crippen MR) is 85.0 cm³/mol. The smallest absolute Gasteiger partial charge is 0.550 e. The predicted octanol–water partition coefficient (Wildman–Crippen LogP) is -3.13. The maximum atomic E-state index is 9.42. The monoisotopic (exact) mass is 460 g/mol. The number of rotatable bonds is 6. The third-order valence-electron chi connectivity index (χ3n) is 1.23. The second-order valence-corrected chi connectivity index (χ2v) is 3.37. The summed E-state index contributed by atoms with van der Waals surface area (Å²) in [6.07, 6.45) is 7.23. The van der Waals surface area contributed by atoms with Crippen LogP contribution in [0.1, 0.15) is 26.7 Å². The fourth-order valence-electron chi connectivity index (χ4n) is 0.508. The van der Waals surface area contributed by atoms with Crippen LogP contribution in [0, 0.1) is 0 Å². The zero-order valence-electron chi connectivity index (χ0n) is 14.1. The molecule has 0 radical (unpaired) electrons. The average molecular weight is 459 g/mol. The Morgan fingerprint density at radius 1 is 0.720 bits per heavy atom. The van der Waals surface area contributed by atoms with E-state index >= 15 is 0 Å². The number of hydrogen-bond acceptors (Lipinski definition) is 8. The third kappa shape index (κ3) is 89.8. The molecule has 0 saturated heterocycles. The fourth-order valence-corrected chi connectivity index (χ4v) is 0.508. The molecule has 8 nitrogen and oxygen atoms in total. The molecule has 0 saturated carbocycles. The first-order valence-corrected chi connectivity index (χ1v) is 6.37. The van der Waals surface area contributed by atoms with Crippen LogP contribution < -0.4 is 20.4 Å². The minimum Gasteiger partial charge on any atom is -0.550 e. The fraction of sp³-hybridized carbons (Fsp3) is 0.250. The topological polar surface area (TPSA) is 161 Å². The first-order valence-electron chi connectivity index (χ1n) is 6.37. The molecule has 0 aliphatic carbocycles. The van der Waals surface area contributed by atoms with Gasteiger partial charge in [-0.05, 0) is 26.0 Å². The molecular formula is C16H20O8Sn. The van der Waals surface area contributed by atoms with Crippen molar-refractivity contribution < 1.29 is 39.6 Å². The molecule has 0 unspecified atom stereocenters. The van der Waals surface area contributed by atoms with E-state index < -0.39 is 23.9 Å². The zero-order valence-corrected chi connectivity index (χ0v) is 16.9. The Balaban J connectivity index is -0.0000000702. The summed E-state index contributed by atoms with van der Waals surface area (Å²) in [6.45, 7) is 9.60. The average Bonchev–Trinajstić information content (AvgIpc) is 2.39. The van der Waals surface area contributed by atoms with Crippen LogP contribution in [0.4, 0.5) is 0 Å². The van der Waals surface area contributed by atoms with Crippen molar-refractivity contribution in [3.63, 3.8) is 0 Å². The van der Waals surface area contributed by atoms with Crippen LogP contribution in [0.2, 0.25) is 0 Å². The van der Waals surface area contributed by atoms with E-state index in [9.17, 15) is 39.6 Å². The van der Waals surface area contributed by atoms with E-state index in [4.69, 9.17) is 0 Å². The second kappa shape index (κ2) is 29.6. The van der Waals surface area contributed by atoms with Gasteiger partial charge in [0.25, 0.3) is 0 Å². The molecule has 0 aliphatic heterocycles. The van der Waals surface area contributed by atoms with E-state index in [0.29, 0.717) is 0 Å². The molecule has 25 heavy (non-hydrogen) atoms. The Morgan fingerprint density at radius 2 is 0.960 bits per heavy atom. The summed E-state index contributed by atoms with van der Waals surface area (Å²) in [7, 11) is 0. The molecule has 0 fully saturated rings. The van der Waals surface area contributed by atoms with Crippen molar-refractivity contribution >= 4 is 47.8 Å². The zero-order chi connectivity index (χ0) is 20.0. The van der Waals surface area contributed by atoms with Gasteiger partial charge in [-0.1, -0.05) is 24.3 Å². The summed E-state index contributed by atoms with van der Waals surface area (Å²) < 4.78 is 0. The molecule has 136 valence electrons.